The number of rotatable bonds is 9. The van der Waals surface area contributed by atoms with Crippen LogP contribution in [0.15, 0.2) is 18.2 Å². The van der Waals surface area contributed by atoms with E-state index in [4.69, 9.17) is 14.2 Å². The highest BCUT2D eigenvalue weighted by molar-refractivity contribution is 5.38. The first-order valence-electron chi connectivity index (χ1n) is 6.30. The predicted octanol–water partition coefficient (Wildman–Crippen LogP) is 2.22. The van der Waals surface area contributed by atoms with Crippen LogP contribution in [0.5, 0.6) is 11.5 Å². The Morgan fingerprint density at radius 1 is 1.06 bits per heavy atom. The number of hydrogen-bond acceptors (Lipinski definition) is 4. The van der Waals surface area contributed by atoms with Gasteiger partial charge in [0.15, 0.2) is 0 Å². The lowest BCUT2D eigenvalue weighted by Gasteiger charge is -2.11. The average Bonchev–Trinajstić information content (AvgIpc) is 2.41. The van der Waals surface area contributed by atoms with Gasteiger partial charge in [-0.1, -0.05) is 6.92 Å². The second-order valence-electron chi connectivity index (χ2n) is 3.99. The van der Waals surface area contributed by atoms with E-state index in [0.717, 1.165) is 36.6 Å². The molecular formula is C14H23NO3. The molecule has 0 aliphatic carbocycles. The second-order valence-corrected chi connectivity index (χ2v) is 3.99. The zero-order valence-electron chi connectivity index (χ0n) is 11.5. The van der Waals surface area contributed by atoms with Crippen molar-refractivity contribution in [2.45, 2.75) is 19.9 Å². The fraction of sp³-hybridized carbons (Fsp3) is 0.571. The molecule has 4 heteroatoms. The molecule has 0 atom stereocenters. The molecule has 0 saturated heterocycles. The molecule has 0 fully saturated rings. The van der Waals surface area contributed by atoms with Crippen molar-refractivity contribution in [2.24, 2.45) is 0 Å². The number of methoxy groups -OCH3 is 2. The molecule has 0 aromatic heterocycles. The molecule has 18 heavy (non-hydrogen) atoms. The Morgan fingerprint density at radius 3 is 2.50 bits per heavy atom. The molecule has 1 rings (SSSR count). The lowest BCUT2D eigenvalue weighted by molar-refractivity contribution is 0.172. The minimum atomic E-state index is 0.654. The van der Waals surface area contributed by atoms with Crippen LogP contribution in [0.1, 0.15) is 18.9 Å². The van der Waals surface area contributed by atoms with E-state index < -0.39 is 0 Å². The lowest BCUT2D eigenvalue weighted by Crippen LogP contribution is -2.12. The van der Waals surface area contributed by atoms with Crippen LogP contribution in [0, 0.1) is 0 Å². The number of hydrogen-bond donors (Lipinski definition) is 1. The number of nitrogens with one attached hydrogen (secondary N) is 1. The summed E-state index contributed by atoms with van der Waals surface area (Å²) in [6, 6.07) is 5.96. The Morgan fingerprint density at radius 2 is 1.83 bits per heavy atom. The summed E-state index contributed by atoms with van der Waals surface area (Å²) in [5.74, 6) is 1.67. The average molecular weight is 253 g/mol. The predicted molar refractivity (Wildman–Crippen MR) is 72.4 cm³/mol. The largest absolute Gasteiger partial charge is 0.497 e. The van der Waals surface area contributed by atoms with Crippen molar-refractivity contribution in [3.63, 3.8) is 0 Å². The van der Waals surface area contributed by atoms with Gasteiger partial charge in [-0.2, -0.15) is 0 Å². The van der Waals surface area contributed by atoms with E-state index in [0.29, 0.717) is 13.2 Å². The molecule has 1 N–H and O–H groups in total. The van der Waals surface area contributed by atoms with E-state index in [-0.39, 0.29) is 0 Å². The molecule has 0 heterocycles. The van der Waals surface area contributed by atoms with Gasteiger partial charge in [0.05, 0.1) is 13.7 Å². The molecule has 102 valence electrons. The first kappa shape index (κ1) is 14.8. The number of ether oxygens (including phenoxy) is 3. The van der Waals surface area contributed by atoms with Crippen LogP contribution in [0.4, 0.5) is 0 Å². The maximum Gasteiger partial charge on any atom is 0.123 e. The van der Waals surface area contributed by atoms with Crippen molar-refractivity contribution in [1.29, 1.82) is 0 Å². The van der Waals surface area contributed by atoms with Crippen LogP contribution in [0.3, 0.4) is 0 Å². The van der Waals surface area contributed by atoms with Gasteiger partial charge in [-0.3, -0.25) is 0 Å². The molecule has 1 aromatic rings. The summed E-state index contributed by atoms with van der Waals surface area (Å²) in [5, 5.41) is 3.29. The van der Waals surface area contributed by atoms with Crippen molar-refractivity contribution >= 4 is 0 Å². The Bertz CT molecular complexity index is 342. The smallest absolute Gasteiger partial charge is 0.123 e. The Labute approximate surface area is 109 Å². The van der Waals surface area contributed by atoms with Crippen molar-refractivity contribution in [1.82, 2.24) is 5.32 Å². The topological polar surface area (TPSA) is 39.7 Å². The molecule has 0 saturated carbocycles. The molecular weight excluding hydrogens is 230 g/mol. The fourth-order valence-corrected chi connectivity index (χ4v) is 1.60. The highest BCUT2D eigenvalue weighted by Gasteiger charge is 2.02. The van der Waals surface area contributed by atoms with Crippen molar-refractivity contribution in [3.05, 3.63) is 23.8 Å². The van der Waals surface area contributed by atoms with Crippen LogP contribution >= 0.6 is 0 Å². The van der Waals surface area contributed by atoms with Gasteiger partial charge in [0, 0.05) is 32.7 Å². The molecule has 0 aliphatic heterocycles. The summed E-state index contributed by atoms with van der Waals surface area (Å²) < 4.78 is 15.9. The quantitative estimate of drug-likeness (QED) is 0.685. The summed E-state index contributed by atoms with van der Waals surface area (Å²) in [6.07, 6.45) is 0.885. The Kier molecular flexibility index (Phi) is 7.22. The van der Waals surface area contributed by atoms with E-state index in [1.165, 1.54) is 0 Å². The Hall–Kier alpha value is -1.26. The highest BCUT2D eigenvalue weighted by Crippen LogP contribution is 2.22. The van der Waals surface area contributed by atoms with Crippen LogP contribution in [-0.4, -0.2) is 34.0 Å². The van der Waals surface area contributed by atoms with Crippen molar-refractivity contribution in [2.75, 3.05) is 34.0 Å². The summed E-state index contributed by atoms with van der Waals surface area (Å²) in [5.41, 5.74) is 1.16. The maximum atomic E-state index is 5.68. The minimum absolute atomic E-state index is 0.654. The maximum absolute atomic E-state index is 5.68. The van der Waals surface area contributed by atoms with Crippen molar-refractivity contribution in [3.8, 4) is 11.5 Å². The first-order valence-corrected chi connectivity index (χ1v) is 6.30. The third kappa shape index (κ3) is 5.38. The van der Waals surface area contributed by atoms with E-state index in [9.17, 15) is 0 Å². The molecule has 4 nitrogen and oxygen atoms in total. The van der Waals surface area contributed by atoms with Gasteiger partial charge in [-0.05, 0) is 24.2 Å². The second kappa shape index (κ2) is 8.78. The molecule has 1 aromatic carbocycles. The van der Waals surface area contributed by atoms with Gasteiger partial charge in [-0.25, -0.2) is 0 Å². The van der Waals surface area contributed by atoms with Crippen LogP contribution < -0.4 is 14.8 Å². The van der Waals surface area contributed by atoms with Gasteiger partial charge >= 0.3 is 0 Å². The molecule has 0 aliphatic rings. The Balaban J connectivity index is 2.58. The zero-order chi connectivity index (χ0) is 13.2. The van der Waals surface area contributed by atoms with Crippen LogP contribution in [-0.2, 0) is 11.3 Å². The highest BCUT2D eigenvalue weighted by atomic mass is 16.5. The van der Waals surface area contributed by atoms with E-state index in [1.807, 2.05) is 18.2 Å². The van der Waals surface area contributed by atoms with Gasteiger partial charge in [0.2, 0.25) is 0 Å². The third-order valence-corrected chi connectivity index (χ3v) is 2.52. The lowest BCUT2D eigenvalue weighted by atomic mass is 10.2. The molecule has 0 bridgehead atoms. The number of benzene rings is 1. The van der Waals surface area contributed by atoms with Gasteiger partial charge in [0.25, 0.3) is 0 Å². The van der Waals surface area contributed by atoms with Gasteiger partial charge in [-0.15, -0.1) is 0 Å². The summed E-state index contributed by atoms with van der Waals surface area (Å²) >= 11 is 0. The van der Waals surface area contributed by atoms with E-state index >= 15 is 0 Å². The molecule has 0 radical (unpaired) electrons. The van der Waals surface area contributed by atoms with E-state index in [2.05, 4.69) is 12.2 Å². The summed E-state index contributed by atoms with van der Waals surface area (Å²) in [4.78, 5) is 0. The molecule has 0 spiro atoms. The molecule has 0 unspecified atom stereocenters. The van der Waals surface area contributed by atoms with Crippen LogP contribution in [0.25, 0.3) is 0 Å². The summed E-state index contributed by atoms with van der Waals surface area (Å²) in [7, 11) is 3.36. The zero-order valence-corrected chi connectivity index (χ0v) is 11.5. The van der Waals surface area contributed by atoms with Gasteiger partial charge < -0.3 is 19.5 Å². The first-order chi connectivity index (χ1) is 8.80. The molecule has 0 amide bonds. The van der Waals surface area contributed by atoms with Crippen LogP contribution in [0.2, 0.25) is 0 Å². The van der Waals surface area contributed by atoms with Gasteiger partial charge in [0.1, 0.15) is 11.5 Å². The fourth-order valence-electron chi connectivity index (χ4n) is 1.60. The SMILES string of the molecule is CCNCc1cc(OC)cc(OCCCOC)c1. The minimum Gasteiger partial charge on any atom is -0.497 e. The monoisotopic (exact) mass is 253 g/mol. The standard InChI is InChI=1S/C14H23NO3/c1-4-15-11-12-8-13(17-3)10-14(9-12)18-7-5-6-16-2/h8-10,15H,4-7,11H2,1-3H3. The third-order valence-electron chi connectivity index (χ3n) is 2.52. The van der Waals surface area contributed by atoms with Crippen molar-refractivity contribution < 1.29 is 14.2 Å². The van der Waals surface area contributed by atoms with E-state index in [1.54, 1.807) is 14.2 Å². The normalized spacial score (nSPS) is 10.4. The summed E-state index contributed by atoms with van der Waals surface area (Å²) in [6.45, 7) is 5.22.